The predicted octanol–water partition coefficient (Wildman–Crippen LogP) is 5.28. The normalized spacial score (nSPS) is 11.8. The summed E-state index contributed by atoms with van der Waals surface area (Å²) in [6, 6.07) is 29.4. The summed E-state index contributed by atoms with van der Waals surface area (Å²) in [5.74, 6) is -0.307. The summed E-state index contributed by atoms with van der Waals surface area (Å²) < 4.78 is 34.9. The molecule has 0 saturated heterocycles. The Balaban J connectivity index is 1.76. The molecule has 0 aliphatic rings. The van der Waals surface area contributed by atoms with Crippen LogP contribution in [0.5, 0.6) is 5.75 Å². The van der Waals surface area contributed by atoms with Crippen molar-refractivity contribution in [3.05, 3.63) is 125 Å². The monoisotopic (exact) mass is 613 g/mol. The van der Waals surface area contributed by atoms with Crippen LogP contribution in [0.4, 0.5) is 5.69 Å². The Morgan fingerprint density at radius 1 is 0.795 bits per heavy atom. The van der Waals surface area contributed by atoms with E-state index in [9.17, 15) is 18.0 Å². The van der Waals surface area contributed by atoms with Gasteiger partial charge in [0.15, 0.2) is 0 Å². The van der Waals surface area contributed by atoms with Gasteiger partial charge in [0.2, 0.25) is 11.8 Å². The number of benzene rings is 4. The lowest BCUT2D eigenvalue weighted by Crippen LogP contribution is -2.53. The van der Waals surface area contributed by atoms with E-state index in [1.165, 1.54) is 24.1 Å². The van der Waals surface area contributed by atoms with Gasteiger partial charge >= 0.3 is 0 Å². The van der Waals surface area contributed by atoms with Crippen LogP contribution >= 0.6 is 0 Å². The Morgan fingerprint density at radius 2 is 1.39 bits per heavy atom. The van der Waals surface area contributed by atoms with Crippen LogP contribution in [0.1, 0.15) is 29.2 Å². The van der Waals surface area contributed by atoms with Gasteiger partial charge in [0.1, 0.15) is 18.3 Å². The third-order valence-electron chi connectivity index (χ3n) is 7.31. The Morgan fingerprint density at radius 3 is 1.95 bits per heavy atom. The molecule has 2 amide bonds. The van der Waals surface area contributed by atoms with Crippen LogP contribution in [0.15, 0.2) is 108 Å². The Kier molecular flexibility index (Phi) is 10.8. The third-order valence-corrected chi connectivity index (χ3v) is 9.10. The van der Waals surface area contributed by atoms with Gasteiger partial charge in [-0.3, -0.25) is 13.9 Å². The van der Waals surface area contributed by atoms with Crippen LogP contribution < -0.4 is 14.4 Å². The second-order valence-electron chi connectivity index (χ2n) is 10.6. The highest BCUT2D eigenvalue weighted by atomic mass is 32.2. The molecular formula is C35H39N3O5S. The summed E-state index contributed by atoms with van der Waals surface area (Å²) in [6.07, 6.45) is 0.258. The first kappa shape index (κ1) is 32.3. The van der Waals surface area contributed by atoms with Gasteiger partial charge in [-0.1, -0.05) is 77.9 Å². The number of anilines is 1. The third kappa shape index (κ3) is 8.05. The number of rotatable bonds is 13. The molecule has 1 atom stereocenters. The summed E-state index contributed by atoms with van der Waals surface area (Å²) in [5.41, 5.74) is 4.04. The predicted molar refractivity (Wildman–Crippen MR) is 173 cm³/mol. The smallest absolute Gasteiger partial charge is 0.264 e. The number of amides is 2. The van der Waals surface area contributed by atoms with Crippen LogP contribution in [0, 0.1) is 13.8 Å². The molecule has 4 rings (SSSR count). The number of likely N-dealkylation sites (N-methyl/N-ethyl adjacent to an activating group) is 1. The Bertz CT molecular complexity index is 1640. The summed E-state index contributed by atoms with van der Waals surface area (Å²) in [5, 5.41) is 2.70. The molecule has 0 aliphatic carbocycles. The molecule has 0 heterocycles. The van der Waals surface area contributed by atoms with Gasteiger partial charge in [-0.25, -0.2) is 8.42 Å². The van der Waals surface area contributed by atoms with Crippen molar-refractivity contribution in [3.8, 4) is 5.75 Å². The van der Waals surface area contributed by atoms with E-state index in [1.54, 1.807) is 36.4 Å². The topological polar surface area (TPSA) is 96.0 Å². The molecule has 4 aromatic rings. The van der Waals surface area contributed by atoms with Crippen LogP contribution in [0.2, 0.25) is 0 Å². The second kappa shape index (κ2) is 14.7. The highest BCUT2D eigenvalue weighted by Gasteiger charge is 2.34. The molecule has 0 fully saturated rings. The maximum absolute atomic E-state index is 14.4. The van der Waals surface area contributed by atoms with Gasteiger partial charge in [-0.15, -0.1) is 0 Å². The lowest BCUT2D eigenvalue weighted by atomic mass is 10.0. The largest absolute Gasteiger partial charge is 0.494 e. The lowest BCUT2D eigenvalue weighted by molar-refractivity contribution is -0.139. The molecule has 9 heteroatoms. The molecule has 0 saturated carbocycles. The van der Waals surface area contributed by atoms with E-state index in [1.807, 2.05) is 75.4 Å². The molecule has 1 N–H and O–H groups in total. The van der Waals surface area contributed by atoms with Crippen LogP contribution in [0.25, 0.3) is 0 Å². The van der Waals surface area contributed by atoms with E-state index in [4.69, 9.17) is 4.74 Å². The van der Waals surface area contributed by atoms with Crippen molar-refractivity contribution >= 4 is 27.5 Å². The van der Waals surface area contributed by atoms with E-state index in [2.05, 4.69) is 5.32 Å². The standard InChI is InChI=1S/C35H39N3O5S/c1-5-43-31-19-21-32(22-20-31)44(41,42)38(30-17-13-27(3)14-18-30)25-34(39)37(24-29-15-11-26(2)12-16-29)33(35(40)36-4)23-28-9-7-6-8-10-28/h6-22,33H,5,23-25H2,1-4H3,(H,36,40)/t33-/m1/s1. The van der Waals surface area contributed by atoms with Gasteiger partial charge in [-0.05, 0) is 68.3 Å². The zero-order valence-electron chi connectivity index (χ0n) is 25.6. The highest BCUT2D eigenvalue weighted by Crippen LogP contribution is 2.27. The van der Waals surface area contributed by atoms with Crippen molar-refractivity contribution in [1.29, 1.82) is 0 Å². The van der Waals surface area contributed by atoms with Gasteiger partial charge in [-0.2, -0.15) is 0 Å². The Hall–Kier alpha value is -4.63. The van der Waals surface area contributed by atoms with Gasteiger partial charge < -0.3 is 15.0 Å². The Labute approximate surface area is 260 Å². The fourth-order valence-corrected chi connectivity index (χ4v) is 6.27. The molecule has 230 valence electrons. The van der Waals surface area contributed by atoms with Crippen molar-refractivity contribution in [2.24, 2.45) is 0 Å². The van der Waals surface area contributed by atoms with Crippen molar-refractivity contribution in [2.45, 2.75) is 44.7 Å². The van der Waals surface area contributed by atoms with Crippen molar-refractivity contribution in [1.82, 2.24) is 10.2 Å². The molecule has 0 aromatic heterocycles. The molecule has 8 nitrogen and oxygen atoms in total. The number of sulfonamides is 1. The first-order valence-electron chi connectivity index (χ1n) is 14.5. The maximum Gasteiger partial charge on any atom is 0.264 e. The molecular weight excluding hydrogens is 574 g/mol. The fourth-order valence-electron chi connectivity index (χ4n) is 4.85. The highest BCUT2D eigenvalue weighted by molar-refractivity contribution is 7.92. The average Bonchev–Trinajstić information content (AvgIpc) is 3.03. The number of carbonyl (C=O) groups excluding carboxylic acids is 2. The van der Waals surface area contributed by atoms with Crippen molar-refractivity contribution in [3.63, 3.8) is 0 Å². The van der Waals surface area contributed by atoms with E-state index in [0.29, 0.717) is 18.0 Å². The number of carbonyl (C=O) groups is 2. The number of hydrogen-bond acceptors (Lipinski definition) is 5. The summed E-state index contributed by atoms with van der Waals surface area (Å²) in [6.45, 7) is 5.79. The fraction of sp³-hybridized carbons (Fsp3) is 0.257. The number of nitrogens with zero attached hydrogens (tertiary/aromatic N) is 2. The second-order valence-corrected chi connectivity index (χ2v) is 12.4. The minimum atomic E-state index is -4.19. The van der Waals surface area contributed by atoms with E-state index in [0.717, 1.165) is 26.6 Å². The van der Waals surface area contributed by atoms with Crippen molar-refractivity contribution < 1.29 is 22.7 Å². The molecule has 0 bridgehead atoms. The molecule has 44 heavy (non-hydrogen) atoms. The summed E-state index contributed by atoms with van der Waals surface area (Å²) >= 11 is 0. The van der Waals surface area contributed by atoms with E-state index < -0.39 is 28.5 Å². The van der Waals surface area contributed by atoms with Gasteiger partial charge in [0.05, 0.1) is 17.2 Å². The SMILES string of the molecule is CCOc1ccc(S(=O)(=O)N(CC(=O)N(Cc2ccc(C)cc2)[C@H](Cc2ccccc2)C(=O)NC)c2ccc(C)cc2)cc1. The average molecular weight is 614 g/mol. The van der Waals surface area contributed by atoms with Crippen LogP contribution in [-0.2, 0) is 32.6 Å². The number of aryl methyl sites for hydroxylation is 2. The van der Waals surface area contributed by atoms with Crippen molar-refractivity contribution in [2.75, 3.05) is 24.5 Å². The number of hydrogen-bond donors (Lipinski definition) is 1. The minimum absolute atomic E-state index is 0.0200. The minimum Gasteiger partial charge on any atom is -0.494 e. The molecule has 0 radical (unpaired) electrons. The zero-order valence-corrected chi connectivity index (χ0v) is 26.4. The zero-order chi connectivity index (χ0) is 31.7. The first-order valence-corrected chi connectivity index (χ1v) is 16.0. The van der Waals surface area contributed by atoms with Gasteiger partial charge in [0, 0.05) is 20.0 Å². The summed E-state index contributed by atoms with van der Waals surface area (Å²) in [7, 11) is -2.65. The summed E-state index contributed by atoms with van der Waals surface area (Å²) in [4.78, 5) is 29.2. The quantitative estimate of drug-likeness (QED) is 0.221. The van der Waals surface area contributed by atoms with E-state index in [-0.39, 0.29) is 23.8 Å². The van der Waals surface area contributed by atoms with Crippen LogP contribution in [-0.4, -0.2) is 51.4 Å². The van der Waals surface area contributed by atoms with E-state index >= 15 is 0 Å². The first-order chi connectivity index (χ1) is 21.1. The lowest BCUT2D eigenvalue weighted by Gasteiger charge is -2.33. The number of nitrogens with one attached hydrogen (secondary N) is 1. The number of ether oxygens (including phenoxy) is 1. The van der Waals surface area contributed by atoms with Crippen LogP contribution in [0.3, 0.4) is 0 Å². The molecule has 0 unspecified atom stereocenters. The maximum atomic E-state index is 14.4. The molecule has 0 aliphatic heterocycles. The molecule has 0 spiro atoms. The van der Waals surface area contributed by atoms with Gasteiger partial charge in [0.25, 0.3) is 10.0 Å². The molecule has 4 aromatic carbocycles.